The molecule has 1 aliphatic rings. The van der Waals surface area contributed by atoms with Crippen LogP contribution in [0.2, 0.25) is 0 Å². The number of hydrogen-bond acceptors (Lipinski definition) is 4. The SMILES string of the molecule is CC(CN(C)C(=O)NC1CCN(c2ccccn2)C1)C(=O)O. The van der Waals surface area contributed by atoms with Gasteiger partial charge in [-0.25, -0.2) is 9.78 Å². The van der Waals surface area contributed by atoms with Crippen LogP contribution in [-0.2, 0) is 4.79 Å². The van der Waals surface area contributed by atoms with Gasteiger partial charge in [-0.1, -0.05) is 13.0 Å². The number of carboxylic acid groups (broad SMARTS) is 1. The van der Waals surface area contributed by atoms with Gasteiger partial charge in [0.15, 0.2) is 0 Å². The van der Waals surface area contributed by atoms with Gasteiger partial charge >= 0.3 is 12.0 Å². The number of pyridine rings is 1. The maximum absolute atomic E-state index is 12.1. The van der Waals surface area contributed by atoms with Gasteiger partial charge in [-0.3, -0.25) is 4.79 Å². The summed E-state index contributed by atoms with van der Waals surface area (Å²) in [7, 11) is 1.61. The first-order valence-corrected chi connectivity index (χ1v) is 7.37. The minimum atomic E-state index is -0.901. The van der Waals surface area contributed by atoms with Crippen molar-refractivity contribution in [2.24, 2.45) is 5.92 Å². The average molecular weight is 306 g/mol. The van der Waals surface area contributed by atoms with E-state index in [1.807, 2.05) is 18.2 Å². The largest absolute Gasteiger partial charge is 0.481 e. The minimum Gasteiger partial charge on any atom is -0.481 e. The van der Waals surface area contributed by atoms with Gasteiger partial charge in [0.05, 0.1) is 5.92 Å². The van der Waals surface area contributed by atoms with Crippen LogP contribution in [0.25, 0.3) is 0 Å². The Morgan fingerprint density at radius 3 is 2.95 bits per heavy atom. The normalized spacial score (nSPS) is 18.8. The molecule has 0 bridgehead atoms. The summed E-state index contributed by atoms with van der Waals surface area (Å²) < 4.78 is 0. The fraction of sp³-hybridized carbons (Fsp3) is 0.533. The third-order valence-electron chi connectivity index (χ3n) is 3.81. The highest BCUT2D eigenvalue weighted by Crippen LogP contribution is 2.17. The molecule has 0 spiro atoms. The Kier molecular flexibility index (Phi) is 5.19. The second-order valence-corrected chi connectivity index (χ2v) is 5.69. The van der Waals surface area contributed by atoms with Gasteiger partial charge in [-0.2, -0.15) is 0 Å². The first-order chi connectivity index (χ1) is 10.5. The molecule has 2 atom stereocenters. The van der Waals surface area contributed by atoms with Crippen molar-refractivity contribution < 1.29 is 14.7 Å². The number of aliphatic carboxylic acids is 1. The third-order valence-corrected chi connectivity index (χ3v) is 3.81. The van der Waals surface area contributed by atoms with E-state index in [4.69, 9.17) is 5.11 Å². The number of hydrogen-bond donors (Lipinski definition) is 2. The molecule has 1 saturated heterocycles. The van der Waals surface area contributed by atoms with Crippen molar-refractivity contribution in [1.82, 2.24) is 15.2 Å². The lowest BCUT2D eigenvalue weighted by Crippen LogP contribution is -2.46. The highest BCUT2D eigenvalue weighted by Gasteiger charge is 2.26. The lowest BCUT2D eigenvalue weighted by molar-refractivity contribution is -0.141. The smallest absolute Gasteiger partial charge is 0.317 e. The molecule has 1 aromatic rings. The van der Waals surface area contributed by atoms with Gasteiger partial charge in [0.1, 0.15) is 5.82 Å². The lowest BCUT2D eigenvalue weighted by Gasteiger charge is -2.23. The molecule has 1 aliphatic heterocycles. The molecular weight excluding hydrogens is 284 g/mol. The average Bonchev–Trinajstić information content (AvgIpc) is 2.96. The summed E-state index contributed by atoms with van der Waals surface area (Å²) in [5.74, 6) is -0.571. The maximum atomic E-state index is 12.1. The van der Waals surface area contributed by atoms with Gasteiger partial charge in [0.2, 0.25) is 0 Å². The van der Waals surface area contributed by atoms with Crippen LogP contribution >= 0.6 is 0 Å². The van der Waals surface area contributed by atoms with Gasteiger partial charge < -0.3 is 20.2 Å². The van der Waals surface area contributed by atoms with Crippen LogP contribution in [0.5, 0.6) is 0 Å². The Labute approximate surface area is 129 Å². The van der Waals surface area contributed by atoms with E-state index in [2.05, 4.69) is 15.2 Å². The number of carbonyl (C=O) groups is 2. The summed E-state index contributed by atoms with van der Waals surface area (Å²) >= 11 is 0. The van der Waals surface area contributed by atoms with Crippen molar-refractivity contribution in [1.29, 1.82) is 0 Å². The zero-order valence-electron chi connectivity index (χ0n) is 12.9. The molecular formula is C15H22N4O3. The molecule has 0 radical (unpaired) electrons. The fourth-order valence-corrected chi connectivity index (χ4v) is 2.48. The van der Waals surface area contributed by atoms with Crippen LogP contribution in [0, 0.1) is 5.92 Å². The van der Waals surface area contributed by atoms with Gasteiger partial charge in [0, 0.05) is 38.9 Å². The predicted octanol–water partition coefficient (Wildman–Crippen LogP) is 1.02. The molecule has 0 saturated carbocycles. The van der Waals surface area contributed by atoms with E-state index in [1.54, 1.807) is 20.2 Å². The molecule has 2 unspecified atom stereocenters. The monoisotopic (exact) mass is 306 g/mol. The van der Waals surface area contributed by atoms with Crippen LogP contribution in [0.1, 0.15) is 13.3 Å². The molecule has 2 rings (SSSR count). The molecule has 2 N–H and O–H groups in total. The number of carboxylic acids is 1. The summed E-state index contributed by atoms with van der Waals surface area (Å²) in [4.78, 5) is 30.8. The van der Waals surface area contributed by atoms with Crippen molar-refractivity contribution in [3.8, 4) is 0 Å². The van der Waals surface area contributed by atoms with Gasteiger partial charge in [-0.05, 0) is 18.6 Å². The van der Waals surface area contributed by atoms with E-state index in [0.29, 0.717) is 6.54 Å². The molecule has 120 valence electrons. The topological polar surface area (TPSA) is 85.8 Å². The summed E-state index contributed by atoms with van der Waals surface area (Å²) in [6.07, 6.45) is 2.60. The van der Waals surface area contributed by atoms with Crippen LogP contribution in [0.15, 0.2) is 24.4 Å². The van der Waals surface area contributed by atoms with E-state index in [9.17, 15) is 9.59 Å². The lowest BCUT2D eigenvalue weighted by atomic mass is 10.2. The molecule has 22 heavy (non-hydrogen) atoms. The predicted molar refractivity (Wildman–Crippen MR) is 82.8 cm³/mol. The first-order valence-electron chi connectivity index (χ1n) is 7.37. The van der Waals surface area contributed by atoms with E-state index in [1.165, 1.54) is 4.90 Å². The first kappa shape index (κ1) is 16.1. The summed E-state index contributed by atoms with van der Waals surface area (Å²) in [5.41, 5.74) is 0. The molecule has 7 nitrogen and oxygen atoms in total. The molecule has 2 amide bonds. The highest BCUT2D eigenvalue weighted by atomic mass is 16.4. The standard InChI is InChI=1S/C15H22N4O3/c1-11(14(20)21)9-18(2)15(22)17-12-6-8-19(10-12)13-5-3-4-7-16-13/h3-5,7,11-12H,6,8-10H2,1-2H3,(H,17,22)(H,20,21). The van der Waals surface area contributed by atoms with Gasteiger partial charge in [0.25, 0.3) is 0 Å². The molecule has 1 aromatic heterocycles. The quantitative estimate of drug-likeness (QED) is 0.848. The second kappa shape index (κ2) is 7.11. The van der Waals surface area contributed by atoms with E-state index < -0.39 is 11.9 Å². The Morgan fingerprint density at radius 1 is 1.55 bits per heavy atom. The summed E-state index contributed by atoms with van der Waals surface area (Å²) in [6.45, 7) is 3.34. The van der Waals surface area contributed by atoms with Crippen molar-refractivity contribution in [3.05, 3.63) is 24.4 Å². The zero-order chi connectivity index (χ0) is 16.1. The minimum absolute atomic E-state index is 0.0529. The zero-order valence-corrected chi connectivity index (χ0v) is 12.9. The Balaban J connectivity index is 1.82. The number of nitrogens with one attached hydrogen (secondary N) is 1. The van der Waals surface area contributed by atoms with E-state index >= 15 is 0 Å². The van der Waals surface area contributed by atoms with Crippen molar-refractivity contribution in [2.45, 2.75) is 19.4 Å². The van der Waals surface area contributed by atoms with Crippen molar-refractivity contribution in [2.75, 3.05) is 31.6 Å². The number of carbonyl (C=O) groups excluding carboxylic acids is 1. The maximum Gasteiger partial charge on any atom is 0.317 e. The van der Waals surface area contributed by atoms with Gasteiger partial charge in [-0.15, -0.1) is 0 Å². The summed E-state index contributed by atoms with van der Waals surface area (Å²) in [5, 5.41) is 11.8. The van der Waals surface area contributed by atoms with E-state index in [-0.39, 0.29) is 18.6 Å². The highest BCUT2D eigenvalue weighted by molar-refractivity contribution is 5.76. The van der Waals surface area contributed by atoms with Crippen LogP contribution < -0.4 is 10.2 Å². The third kappa shape index (κ3) is 4.09. The molecule has 0 aliphatic carbocycles. The second-order valence-electron chi connectivity index (χ2n) is 5.69. The molecule has 1 fully saturated rings. The molecule has 0 aromatic carbocycles. The van der Waals surface area contributed by atoms with Crippen molar-refractivity contribution in [3.63, 3.8) is 0 Å². The number of anilines is 1. The summed E-state index contributed by atoms with van der Waals surface area (Å²) in [6, 6.07) is 5.58. The number of rotatable bonds is 5. The number of urea groups is 1. The molecule has 7 heteroatoms. The number of aromatic nitrogens is 1. The Bertz CT molecular complexity index is 523. The van der Waals surface area contributed by atoms with E-state index in [0.717, 1.165) is 18.8 Å². The van der Waals surface area contributed by atoms with Crippen LogP contribution in [0.4, 0.5) is 10.6 Å². The Morgan fingerprint density at radius 2 is 2.32 bits per heavy atom. The molecule has 2 heterocycles. The van der Waals surface area contributed by atoms with Crippen LogP contribution in [0.3, 0.4) is 0 Å². The van der Waals surface area contributed by atoms with Crippen LogP contribution in [-0.4, -0.2) is 59.7 Å². The fourth-order valence-electron chi connectivity index (χ4n) is 2.48. The number of nitrogens with zero attached hydrogens (tertiary/aromatic N) is 3. The Hall–Kier alpha value is -2.31. The van der Waals surface area contributed by atoms with Crippen molar-refractivity contribution >= 4 is 17.8 Å². The number of amides is 2.